The first-order valence-electron chi connectivity index (χ1n) is 18.1. The lowest BCUT2D eigenvalue weighted by Gasteiger charge is -2.11. The minimum Gasteiger partial charge on any atom is -0.453 e. The Kier molecular flexibility index (Phi) is 6.79. The quantitative estimate of drug-likeness (QED) is 0.180. The molecule has 11 rings (SSSR count). The van der Waals surface area contributed by atoms with Gasteiger partial charge in [0.2, 0.25) is 0 Å². The summed E-state index contributed by atoms with van der Waals surface area (Å²) >= 11 is 0. The van der Waals surface area contributed by atoms with Crippen molar-refractivity contribution in [3.63, 3.8) is 0 Å². The number of hydrogen-bond acceptors (Lipinski definition) is 4. The van der Waals surface area contributed by atoms with Crippen LogP contribution in [0.3, 0.4) is 0 Å². The second-order valence-electron chi connectivity index (χ2n) is 13.6. The Bertz CT molecular complexity index is 3090. The fourth-order valence-electron chi connectivity index (χ4n) is 7.94. The number of rotatable bonds is 5. The van der Waals surface area contributed by atoms with Crippen LogP contribution in [0.1, 0.15) is 0 Å². The van der Waals surface area contributed by atoms with Crippen LogP contribution in [0, 0.1) is 0 Å². The van der Waals surface area contributed by atoms with Crippen LogP contribution in [0.15, 0.2) is 186 Å². The Labute approximate surface area is 310 Å². The Morgan fingerprint density at radius 2 is 0.907 bits per heavy atom. The normalized spacial score (nSPS) is 11.7. The van der Waals surface area contributed by atoms with Gasteiger partial charge in [0.25, 0.3) is 0 Å². The van der Waals surface area contributed by atoms with E-state index in [2.05, 4.69) is 120 Å². The van der Waals surface area contributed by atoms with Gasteiger partial charge >= 0.3 is 0 Å². The summed E-state index contributed by atoms with van der Waals surface area (Å²) in [6, 6.07) is 63.2. The molecule has 11 aromatic rings. The van der Waals surface area contributed by atoms with Crippen LogP contribution in [0.5, 0.6) is 0 Å². The molecule has 0 amide bonds. The molecular formula is C49H30N4O. The summed E-state index contributed by atoms with van der Waals surface area (Å²) < 4.78 is 9.54. The maximum absolute atomic E-state index is 7.21. The summed E-state index contributed by atoms with van der Waals surface area (Å²) in [4.78, 5) is 15.4. The predicted octanol–water partition coefficient (Wildman–Crippen LogP) is 12.7. The van der Waals surface area contributed by atoms with Gasteiger partial charge in [-0.25, -0.2) is 15.0 Å². The maximum Gasteiger partial charge on any atom is 0.164 e. The van der Waals surface area contributed by atoms with E-state index in [1.807, 2.05) is 66.7 Å². The standard InChI is InChI=1S/C49H30N4O/c1-4-15-31(16-5-1)34-27-28-35-30-40(49-51-47(32-17-6-2-7-18-32)50-48(52-49)33-19-8-3-9-20-33)44-38-23-14-26-43(45(38)54-46(44)39(35)29-34)53-41-24-12-10-21-36(41)37-22-11-13-25-42(37)53/h1-30H. The first kappa shape index (κ1) is 30.3. The second kappa shape index (κ2) is 12.1. The Morgan fingerprint density at radius 3 is 1.54 bits per heavy atom. The molecule has 0 unspecified atom stereocenters. The van der Waals surface area contributed by atoms with E-state index in [0.717, 1.165) is 77.2 Å². The topological polar surface area (TPSA) is 56.7 Å². The summed E-state index contributed by atoms with van der Waals surface area (Å²) in [5.74, 6) is 1.82. The minimum atomic E-state index is 0.590. The number of benzene rings is 8. The first-order chi connectivity index (χ1) is 26.8. The molecule has 54 heavy (non-hydrogen) atoms. The van der Waals surface area contributed by atoms with Gasteiger partial charge in [-0.05, 0) is 46.8 Å². The highest BCUT2D eigenvalue weighted by Gasteiger charge is 2.23. The van der Waals surface area contributed by atoms with E-state index in [0.29, 0.717) is 17.5 Å². The van der Waals surface area contributed by atoms with Crippen molar-refractivity contribution in [3.8, 4) is 51.0 Å². The zero-order chi connectivity index (χ0) is 35.6. The average molecular weight is 691 g/mol. The molecule has 0 aliphatic heterocycles. The third kappa shape index (κ3) is 4.76. The van der Waals surface area contributed by atoms with E-state index < -0.39 is 0 Å². The maximum atomic E-state index is 7.21. The highest BCUT2D eigenvalue weighted by atomic mass is 16.3. The third-order valence-electron chi connectivity index (χ3n) is 10.4. The Hall–Kier alpha value is -7.37. The van der Waals surface area contributed by atoms with Crippen molar-refractivity contribution in [1.29, 1.82) is 0 Å². The molecule has 0 bridgehead atoms. The van der Waals surface area contributed by atoms with Crippen LogP contribution in [-0.4, -0.2) is 19.5 Å². The fourth-order valence-corrected chi connectivity index (χ4v) is 7.94. The molecule has 0 atom stereocenters. The highest BCUT2D eigenvalue weighted by molar-refractivity contribution is 6.22. The van der Waals surface area contributed by atoms with Crippen molar-refractivity contribution in [3.05, 3.63) is 182 Å². The smallest absolute Gasteiger partial charge is 0.164 e. The van der Waals surface area contributed by atoms with Crippen molar-refractivity contribution in [2.75, 3.05) is 0 Å². The van der Waals surface area contributed by atoms with Crippen molar-refractivity contribution in [2.45, 2.75) is 0 Å². The summed E-state index contributed by atoms with van der Waals surface area (Å²) in [6.45, 7) is 0. The molecule has 0 fully saturated rings. The van der Waals surface area contributed by atoms with Gasteiger partial charge in [-0.3, -0.25) is 0 Å². The van der Waals surface area contributed by atoms with Crippen LogP contribution in [0.25, 0.3) is 105 Å². The first-order valence-corrected chi connectivity index (χ1v) is 18.1. The lowest BCUT2D eigenvalue weighted by atomic mass is 9.96. The van der Waals surface area contributed by atoms with Gasteiger partial charge in [0.15, 0.2) is 23.1 Å². The number of hydrogen-bond donors (Lipinski definition) is 0. The predicted molar refractivity (Wildman–Crippen MR) is 221 cm³/mol. The summed E-state index contributed by atoms with van der Waals surface area (Å²) in [6.07, 6.45) is 0. The van der Waals surface area contributed by atoms with Gasteiger partial charge in [0.05, 0.1) is 16.7 Å². The number of para-hydroxylation sites is 3. The van der Waals surface area contributed by atoms with Crippen LogP contribution < -0.4 is 0 Å². The van der Waals surface area contributed by atoms with Crippen LogP contribution in [0.2, 0.25) is 0 Å². The summed E-state index contributed by atoms with van der Waals surface area (Å²) in [5.41, 5.74) is 9.84. The molecule has 0 aliphatic carbocycles. The van der Waals surface area contributed by atoms with Crippen molar-refractivity contribution < 1.29 is 4.42 Å². The molecule has 0 radical (unpaired) electrons. The monoisotopic (exact) mass is 690 g/mol. The van der Waals surface area contributed by atoms with Crippen LogP contribution in [0.4, 0.5) is 0 Å². The number of fused-ring (bicyclic) bond motifs is 8. The van der Waals surface area contributed by atoms with E-state index in [4.69, 9.17) is 19.4 Å². The van der Waals surface area contributed by atoms with E-state index in [1.54, 1.807) is 0 Å². The van der Waals surface area contributed by atoms with Gasteiger partial charge < -0.3 is 8.98 Å². The van der Waals surface area contributed by atoms with Gasteiger partial charge in [-0.2, -0.15) is 0 Å². The molecule has 0 saturated carbocycles. The zero-order valence-electron chi connectivity index (χ0n) is 29.0. The van der Waals surface area contributed by atoms with Gasteiger partial charge in [-0.15, -0.1) is 0 Å². The molecule has 8 aromatic carbocycles. The Balaban J connectivity index is 1.26. The van der Waals surface area contributed by atoms with E-state index in [1.165, 1.54) is 10.8 Å². The van der Waals surface area contributed by atoms with Gasteiger partial charge in [-0.1, -0.05) is 152 Å². The lowest BCUT2D eigenvalue weighted by molar-refractivity contribution is 0.670. The Morgan fingerprint density at radius 1 is 0.370 bits per heavy atom. The SMILES string of the molecule is c1ccc(-c2ccc3cc(-c4nc(-c5ccccc5)nc(-c5ccccc5)n4)c4c5cccc(-n6c7ccccc7c7ccccc76)c5oc4c3c2)cc1. The van der Waals surface area contributed by atoms with Crippen molar-refractivity contribution in [1.82, 2.24) is 19.5 Å². The van der Waals surface area contributed by atoms with Crippen LogP contribution in [-0.2, 0) is 0 Å². The molecule has 0 aliphatic rings. The van der Waals surface area contributed by atoms with E-state index >= 15 is 0 Å². The minimum absolute atomic E-state index is 0.590. The molecule has 252 valence electrons. The summed E-state index contributed by atoms with van der Waals surface area (Å²) in [7, 11) is 0. The molecule has 0 spiro atoms. The van der Waals surface area contributed by atoms with Gasteiger partial charge in [0.1, 0.15) is 5.58 Å². The van der Waals surface area contributed by atoms with Gasteiger partial charge in [0, 0.05) is 43.6 Å². The molecular weight excluding hydrogens is 661 g/mol. The third-order valence-corrected chi connectivity index (χ3v) is 10.4. The second-order valence-corrected chi connectivity index (χ2v) is 13.6. The summed E-state index contributed by atoms with van der Waals surface area (Å²) in [5, 5.41) is 6.43. The number of aromatic nitrogens is 4. The van der Waals surface area contributed by atoms with E-state index in [9.17, 15) is 0 Å². The molecule has 3 aromatic heterocycles. The molecule has 5 nitrogen and oxygen atoms in total. The van der Waals surface area contributed by atoms with Crippen molar-refractivity contribution >= 4 is 54.5 Å². The zero-order valence-corrected chi connectivity index (χ0v) is 29.0. The molecule has 0 N–H and O–H groups in total. The van der Waals surface area contributed by atoms with Crippen LogP contribution >= 0.6 is 0 Å². The van der Waals surface area contributed by atoms with Crippen molar-refractivity contribution in [2.24, 2.45) is 0 Å². The molecule has 5 heteroatoms. The highest BCUT2D eigenvalue weighted by Crippen LogP contribution is 2.44. The fraction of sp³-hybridized carbons (Fsp3) is 0. The average Bonchev–Trinajstić information content (AvgIpc) is 3.81. The molecule has 3 heterocycles. The number of nitrogens with zero attached hydrogens (tertiary/aromatic N) is 4. The molecule has 0 saturated heterocycles. The lowest BCUT2D eigenvalue weighted by Crippen LogP contribution is -2.00. The largest absolute Gasteiger partial charge is 0.453 e. The number of furan rings is 1. The van der Waals surface area contributed by atoms with E-state index in [-0.39, 0.29) is 0 Å².